The van der Waals surface area contributed by atoms with Crippen LogP contribution >= 0.6 is 0 Å². The third-order valence-electron chi connectivity index (χ3n) is 4.90. The highest BCUT2D eigenvalue weighted by atomic mass is 32.2. The molecule has 25 heavy (non-hydrogen) atoms. The van der Waals surface area contributed by atoms with Crippen molar-refractivity contribution in [1.29, 1.82) is 0 Å². The summed E-state index contributed by atoms with van der Waals surface area (Å²) in [6.45, 7) is 3.98. The van der Waals surface area contributed by atoms with Crippen molar-refractivity contribution in [3.8, 4) is 0 Å². The number of aryl methyl sites for hydroxylation is 1. The molecule has 1 fully saturated rings. The molecule has 0 saturated carbocycles. The van der Waals surface area contributed by atoms with Crippen molar-refractivity contribution in [2.45, 2.75) is 29.3 Å². The first-order chi connectivity index (χ1) is 12.1. The molecule has 3 heteroatoms. The lowest BCUT2D eigenvalue weighted by molar-refractivity contribution is 0.321. The smallest absolute Gasteiger partial charge is 0.183 e. The maximum absolute atomic E-state index is 13.4. The zero-order valence-electron chi connectivity index (χ0n) is 14.3. The molecule has 1 unspecified atom stereocenters. The van der Waals surface area contributed by atoms with Gasteiger partial charge in [0.05, 0.1) is 10.8 Å². The number of benzene rings is 3. The van der Waals surface area contributed by atoms with Crippen LogP contribution in [0.5, 0.6) is 0 Å². The monoisotopic (exact) mass is 348 g/mol. The molecule has 0 N–H and O–H groups in total. The second kappa shape index (κ2) is 5.94. The SMILES string of the molecule is Cc1ccc(S(=O)[C@]2(C)OC2(c2ccccc2)c2ccccc2)cc1. The molecule has 1 aliphatic rings. The molecule has 1 aliphatic heterocycles. The van der Waals surface area contributed by atoms with E-state index in [-0.39, 0.29) is 0 Å². The molecule has 126 valence electrons. The summed E-state index contributed by atoms with van der Waals surface area (Å²) in [5.74, 6) is 0. The standard InChI is InChI=1S/C22H20O2S/c1-17-13-15-20(16-14-17)25(23)21(2)22(24-21,18-9-5-3-6-10-18)19-11-7-4-8-12-19/h3-16H,1-2H3/t21-,25?/m0/s1. The Balaban J connectivity index is 1.82. The molecule has 4 rings (SSSR count). The molecular formula is C22H20O2S. The van der Waals surface area contributed by atoms with Crippen LogP contribution in [0.2, 0.25) is 0 Å². The summed E-state index contributed by atoms with van der Waals surface area (Å²) in [6, 6.07) is 28.0. The van der Waals surface area contributed by atoms with Gasteiger partial charge in [-0.1, -0.05) is 78.4 Å². The van der Waals surface area contributed by atoms with Crippen LogP contribution in [0, 0.1) is 6.92 Å². The van der Waals surface area contributed by atoms with Gasteiger partial charge in [0.1, 0.15) is 0 Å². The van der Waals surface area contributed by atoms with Crippen molar-refractivity contribution in [2.75, 3.05) is 0 Å². The zero-order valence-corrected chi connectivity index (χ0v) is 15.1. The van der Waals surface area contributed by atoms with E-state index in [1.165, 1.54) is 0 Å². The van der Waals surface area contributed by atoms with Gasteiger partial charge < -0.3 is 4.74 Å². The summed E-state index contributed by atoms with van der Waals surface area (Å²) in [4.78, 5) is -0.00726. The number of ether oxygens (including phenoxy) is 1. The first-order valence-electron chi connectivity index (χ1n) is 8.38. The largest absolute Gasteiger partial charge is 0.338 e. The van der Waals surface area contributed by atoms with E-state index in [2.05, 4.69) is 0 Å². The minimum atomic E-state index is -1.29. The number of hydrogen-bond donors (Lipinski definition) is 0. The molecule has 0 aromatic heterocycles. The minimum absolute atomic E-state index is 0.689. The predicted octanol–water partition coefficient (Wildman–Crippen LogP) is 4.79. The fourth-order valence-electron chi connectivity index (χ4n) is 3.48. The van der Waals surface area contributed by atoms with Crippen molar-refractivity contribution in [2.24, 2.45) is 0 Å². The van der Waals surface area contributed by atoms with Crippen LogP contribution in [-0.2, 0) is 21.1 Å². The van der Waals surface area contributed by atoms with Gasteiger partial charge in [0.2, 0.25) is 0 Å². The fraction of sp³-hybridized carbons (Fsp3) is 0.182. The van der Waals surface area contributed by atoms with Crippen LogP contribution in [0.25, 0.3) is 0 Å². The number of hydrogen-bond acceptors (Lipinski definition) is 2. The Hall–Kier alpha value is -2.23. The summed E-state index contributed by atoms with van der Waals surface area (Å²) in [5, 5.41) is 0. The first kappa shape index (κ1) is 16.2. The second-order valence-electron chi connectivity index (χ2n) is 6.54. The minimum Gasteiger partial charge on any atom is -0.338 e. The average molecular weight is 348 g/mol. The van der Waals surface area contributed by atoms with E-state index in [9.17, 15) is 4.21 Å². The van der Waals surface area contributed by atoms with Crippen molar-refractivity contribution in [3.63, 3.8) is 0 Å². The van der Waals surface area contributed by atoms with Gasteiger partial charge >= 0.3 is 0 Å². The molecule has 3 aromatic carbocycles. The Morgan fingerprint density at radius 3 is 1.72 bits per heavy atom. The Labute approximate surface area is 150 Å². The number of rotatable bonds is 4. The van der Waals surface area contributed by atoms with Crippen molar-refractivity contribution in [1.82, 2.24) is 0 Å². The lowest BCUT2D eigenvalue weighted by Gasteiger charge is -2.18. The van der Waals surface area contributed by atoms with Crippen molar-refractivity contribution < 1.29 is 8.95 Å². The molecule has 0 aliphatic carbocycles. The molecule has 0 spiro atoms. The topological polar surface area (TPSA) is 29.6 Å². The molecule has 2 atom stereocenters. The van der Waals surface area contributed by atoms with E-state index in [0.717, 1.165) is 21.6 Å². The molecule has 0 radical (unpaired) electrons. The van der Waals surface area contributed by atoms with Crippen molar-refractivity contribution in [3.05, 3.63) is 102 Å². The Morgan fingerprint density at radius 2 is 1.24 bits per heavy atom. The van der Waals surface area contributed by atoms with Gasteiger partial charge in [0.25, 0.3) is 0 Å². The Morgan fingerprint density at radius 1 is 0.760 bits per heavy atom. The van der Waals surface area contributed by atoms with Crippen LogP contribution in [-0.4, -0.2) is 9.14 Å². The van der Waals surface area contributed by atoms with E-state index in [1.807, 2.05) is 98.8 Å². The van der Waals surface area contributed by atoms with Gasteiger partial charge in [-0.2, -0.15) is 0 Å². The summed E-state index contributed by atoms with van der Waals surface area (Å²) in [5.41, 5.74) is 2.53. The van der Waals surface area contributed by atoms with Crippen LogP contribution in [0.15, 0.2) is 89.8 Å². The van der Waals surface area contributed by atoms with Crippen molar-refractivity contribution >= 4 is 10.8 Å². The molecule has 0 amide bonds. The van der Waals surface area contributed by atoms with Gasteiger partial charge in [-0.25, -0.2) is 0 Å². The highest BCUT2D eigenvalue weighted by molar-refractivity contribution is 7.86. The molecule has 2 nitrogen and oxygen atoms in total. The van der Waals surface area contributed by atoms with Gasteiger partial charge in [-0.15, -0.1) is 0 Å². The van der Waals surface area contributed by atoms with Gasteiger partial charge in [0, 0.05) is 4.90 Å². The van der Waals surface area contributed by atoms with E-state index in [1.54, 1.807) is 0 Å². The van der Waals surface area contributed by atoms with Crippen LogP contribution < -0.4 is 0 Å². The molecule has 1 heterocycles. The quantitative estimate of drug-likeness (QED) is 0.634. The first-order valence-corrected chi connectivity index (χ1v) is 9.53. The normalized spacial score (nSPS) is 22.3. The van der Waals surface area contributed by atoms with E-state index in [4.69, 9.17) is 4.74 Å². The summed E-state index contributed by atoms with van der Waals surface area (Å²) < 4.78 is 19.7. The van der Waals surface area contributed by atoms with Crippen LogP contribution in [0.3, 0.4) is 0 Å². The summed E-state index contributed by atoms with van der Waals surface area (Å²) in [6.07, 6.45) is 0. The molecule has 1 saturated heterocycles. The Kier molecular flexibility index (Phi) is 3.86. The highest BCUT2D eigenvalue weighted by Gasteiger charge is 2.72. The second-order valence-corrected chi connectivity index (χ2v) is 8.33. The third kappa shape index (κ3) is 2.46. The number of epoxide rings is 1. The lowest BCUT2D eigenvalue weighted by atomic mass is 9.88. The van der Waals surface area contributed by atoms with E-state index >= 15 is 0 Å². The molecular weight excluding hydrogens is 328 g/mol. The zero-order chi connectivity index (χ0) is 17.5. The fourth-order valence-corrected chi connectivity index (χ4v) is 5.01. The lowest BCUT2D eigenvalue weighted by Crippen LogP contribution is -2.27. The predicted molar refractivity (Wildman–Crippen MR) is 101 cm³/mol. The summed E-state index contributed by atoms with van der Waals surface area (Å²) >= 11 is 0. The van der Waals surface area contributed by atoms with Crippen LogP contribution in [0.1, 0.15) is 23.6 Å². The molecule has 0 bridgehead atoms. The van der Waals surface area contributed by atoms with E-state index in [0.29, 0.717) is 0 Å². The Bertz CT molecular complexity index is 864. The highest BCUT2D eigenvalue weighted by Crippen LogP contribution is 2.62. The average Bonchev–Trinajstić information content (AvgIpc) is 3.32. The van der Waals surface area contributed by atoms with Gasteiger partial charge in [-0.05, 0) is 37.1 Å². The van der Waals surface area contributed by atoms with Gasteiger partial charge in [-0.3, -0.25) is 4.21 Å². The maximum atomic E-state index is 13.4. The summed E-state index contributed by atoms with van der Waals surface area (Å²) in [7, 11) is -1.29. The molecule has 3 aromatic rings. The third-order valence-corrected chi connectivity index (χ3v) is 6.67. The van der Waals surface area contributed by atoms with E-state index < -0.39 is 21.3 Å². The maximum Gasteiger partial charge on any atom is 0.183 e. The van der Waals surface area contributed by atoms with Crippen LogP contribution in [0.4, 0.5) is 0 Å². The van der Waals surface area contributed by atoms with Gasteiger partial charge in [0.15, 0.2) is 10.5 Å².